The van der Waals surface area contributed by atoms with Crippen molar-refractivity contribution in [3.05, 3.63) is 0 Å². The number of carbonyl (C=O) groups is 3. The van der Waals surface area contributed by atoms with Gasteiger partial charge in [-0.3, -0.25) is 9.69 Å². The summed E-state index contributed by atoms with van der Waals surface area (Å²) in [5, 5.41) is 11.5. The van der Waals surface area contributed by atoms with Crippen LogP contribution in [0.4, 0.5) is 4.79 Å². The highest BCUT2D eigenvalue weighted by atomic mass is 16.6. The van der Waals surface area contributed by atoms with Gasteiger partial charge in [0.25, 0.3) is 0 Å². The van der Waals surface area contributed by atoms with E-state index in [0.717, 1.165) is 4.90 Å². The number of nitrogens with zero attached hydrogens (tertiary/aromatic N) is 1. The fourth-order valence-corrected chi connectivity index (χ4v) is 1.46. The van der Waals surface area contributed by atoms with Crippen molar-refractivity contribution in [3.63, 3.8) is 0 Å². The Bertz CT molecular complexity index is 401. The second kappa shape index (κ2) is 7.28. The van der Waals surface area contributed by atoms with Gasteiger partial charge in [-0.25, -0.2) is 9.59 Å². The predicted octanol–water partition coefficient (Wildman–Crippen LogP) is 1.47. The first-order chi connectivity index (χ1) is 9.36. The zero-order valence-corrected chi connectivity index (χ0v) is 13.8. The van der Waals surface area contributed by atoms with Gasteiger partial charge in [-0.15, -0.1) is 0 Å². The molecule has 2 amide bonds. The third-order valence-electron chi connectivity index (χ3n) is 2.87. The van der Waals surface area contributed by atoms with Crippen LogP contribution in [-0.2, 0) is 14.3 Å². The molecule has 0 spiro atoms. The summed E-state index contributed by atoms with van der Waals surface area (Å²) in [4.78, 5) is 36.1. The summed E-state index contributed by atoms with van der Waals surface area (Å²) in [5.41, 5.74) is -0.664. The lowest BCUT2D eigenvalue weighted by molar-refractivity contribution is -0.143. The van der Waals surface area contributed by atoms with E-state index in [-0.39, 0.29) is 5.92 Å². The number of amides is 2. The first-order valence-electron chi connectivity index (χ1n) is 6.85. The Morgan fingerprint density at radius 1 is 1.14 bits per heavy atom. The monoisotopic (exact) mass is 302 g/mol. The number of likely N-dealkylation sites (N-methyl/N-ethyl adjacent to an activating group) is 1. The van der Waals surface area contributed by atoms with Crippen LogP contribution in [-0.4, -0.2) is 52.7 Å². The molecule has 7 heteroatoms. The van der Waals surface area contributed by atoms with Crippen molar-refractivity contribution in [1.29, 1.82) is 0 Å². The van der Waals surface area contributed by atoms with E-state index in [1.807, 2.05) is 0 Å². The van der Waals surface area contributed by atoms with E-state index in [1.165, 1.54) is 14.0 Å². The molecule has 0 radical (unpaired) electrons. The number of ether oxygens (including phenoxy) is 1. The second-order valence-electron chi connectivity index (χ2n) is 6.34. The molecule has 2 unspecified atom stereocenters. The van der Waals surface area contributed by atoms with Gasteiger partial charge in [-0.2, -0.15) is 0 Å². The molecular weight excluding hydrogens is 276 g/mol. The van der Waals surface area contributed by atoms with E-state index in [4.69, 9.17) is 9.84 Å². The molecule has 0 aliphatic carbocycles. The lowest BCUT2D eigenvalue weighted by Crippen LogP contribution is -2.53. The molecule has 0 saturated heterocycles. The summed E-state index contributed by atoms with van der Waals surface area (Å²) < 4.78 is 5.16. The van der Waals surface area contributed by atoms with E-state index >= 15 is 0 Å². The van der Waals surface area contributed by atoms with Crippen LogP contribution in [0.2, 0.25) is 0 Å². The van der Waals surface area contributed by atoms with Gasteiger partial charge in [0.05, 0.1) is 0 Å². The fourth-order valence-electron chi connectivity index (χ4n) is 1.46. The number of carboxylic acids is 1. The summed E-state index contributed by atoms with van der Waals surface area (Å²) in [6.45, 7) is 10.1. The van der Waals surface area contributed by atoms with Gasteiger partial charge in [0.2, 0.25) is 5.91 Å². The fraction of sp³-hybridized carbons (Fsp3) is 0.786. The maximum absolute atomic E-state index is 12.0. The Morgan fingerprint density at radius 3 is 1.95 bits per heavy atom. The number of hydrogen-bond donors (Lipinski definition) is 2. The van der Waals surface area contributed by atoms with Crippen molar-refractivity contribution in [3.8, 4) is 0 Å². The number of rotatable bonds is 5. The molecule has 0 saturated carbocycles. The first-order valence-corrected chi connectivity index (χ1v) is 6.85. The van der Waals surface area contributed by atoms with Crippen molar-refractivity contribution in [2.75, 3.05) is 7.05 Å². The van der Waals surface area contributed by atoms with Crippen molar-refractivity contribution in [2.45, 2.75) is 59.2 Å². The van der Waals surface area contributed by atoms with Gasteiger partial charge in [0, 0.05) is 7.05 Å². The Hall–Kier alpha value is -1.79. The standard InChI is InChI=1S/C14H26N2O5/c1-8(2)10(12(18)19)15-11(17)9(3)16(7)13(20)21-14(4,5)6/h8-10H,1-7H3,(H,15,17)(H,18,19). The van der Waals surface area contributed by atoms with Gasteiger partial charge >= 0.3 is 12.1 Å². The SMILES string of the molecule is CC(C)C(NC(=O)C(C)N(C)C(=O)OC(C)(C)C)C(=O)O. The number of carboxylic acid groups (broad SMARTS) is 1. The van der Waals surface area contributed by atoms with Crippen molar-refractivity contribution in [1.82, 2.24) is 10.2 Å². The lowest BCUT2D eigenvalue weighted by atomic mass is 10.0. The molecule has 0 aliphatic rings. The van der Waals surface area contributed by atoms with Crippen molar-refractivity contribution >= 4 is 18.0 Å². The average Bonchev–Trinajstić information content (AvgIpc) is 2.30. The molecule has 0 fully saturated rings. The summed E-state index contributed by atoms with van der Waals surface area (Å²) in [6.07, 6.45) is -0.637. The summed E-state index contributed by atoms with van der Waals surface area (Å²) in [5.74, 6) is -1.90. The quantitative estimate of drug-likeness (QED) is 0.801. The highest BCUT2D eigenvalue weighted by molar-refractivity contribution is 5.89. The van der Waals surface area contributed by atoms with Crippen LogP contribution in [0.15, 0.2) is 0 Å². The van der Waals surface area contributed by atoms with Crippen LogP contribution in [0.1, 0.15) is 41.5 Å². The van der Waals surface area contributed by atoms with Crippen LogP contribution >= 0.6 is 0 Å². The average molecular weight is 302 g/mol. The smallest absolute Gasteiger partial charge is 0.410 e. The summed E-state index contributed by atoms with van der Waals surface area (Å²) in [7, 11) is 1.43. The molecule has 0 aromatic carbocycles. The highest BCUT2D eigenvalue weighted by Crippen LogP contribution is 2.11. The third-order valence-corrected chi connectivity index (χ3v) is 2.87. The minimum atomic E-state index is -1.11. The van der Waals surface area contributed by atoms with Crippen LogP contribution in [0, 0.1) is 5.92 Å². The zero-order chi connectivity index (χ0) is 17.0. The third kappa shape index (κ3) is 6.46. The maximum atomic E-state index is 12.0. The molecule has 0 aliphatic heterocycles. The molecule has 2 atom stereocenters. The molecule has 122 valence electrons. The predicted molar refractivity (Wildman–Crippen MR) is 77.9 cm³/mol. The molecule has 2 N–H and O–H groups in total. The van der Waals surface area contributed by atoms with E-state index in [9.17, 15) is 14.4 Å². The lowest BCUT2D eigenvalue weighted by Gasteiger charge is -2.29. The van der Waals surface area contributed by atoms with Crippen LogP contribution < -0.4 is 5.32 Å². The summed E-state index contributed by atoms with van der Waals surface area (Å²) >= 11 is 0. The van der Waals surface area contributed by atoms with Gasteiger partial charge in [0.15, 0.2) is 0 Å². The number of nitrogens with one attached hydrogen (secondary N) is 1. The Morgan fingerprint density at radius 2 is 1.62 bits per heavy atom. The van der Waals surface area contributed by atoms with E-state index in [2.05, 4.69) is 5.32 Å². The van der Waals surface area contributed by atoms with Crippen molar-refractivity contribution < 1.29 is 24.2 Å². The van der Waals surface area contributed by atoms with Crippen LogP contribution in [0.3, 0.4) is 0 Å². The Kier molecular flexibility index (Phi) is 6.66. The second-order valence-corrected chi connectivity index (χ2v) is 6.34. The molecular formula is C14H26N2O5. The van der Waals surface area contributed by atoms with Crippen molar-refractivity contribution in [2.24, 2.45) is 5.92 Å². The largest absolute Gasteiger partial charge is 0.480 e. The molecule has 0 aromatic rings. The maximum Gasteiger partial charge on any atom is 0.410 e. The van der Waals surface area contributed by atoms with E-state index in [1.54, 1.807) is 34.6 Å². The highest BCUT2D eigenvalue weighted by Gasteiger charge is 2.30. The molecule has 0 heterocycles. The minimum absolute atomic E-state index is 0.259. The first kappa shape index (κ1) is 19.2. The Labute approximate surface area is 125 Å². The normalized spacial score (nSPS) is 14.3. The number of carbonyl (C=O) groups excluding carboxylic acids is 2. The number of aliphatic carboxylic acids is 1. The van der Waals surface area contributed by atoms with Crippen LogP contribution in [0.25, 0.3) is 0 Å². The molecule has 0 aromatic heterocycles. The van der Waals surface area contributed by atoms with Gasteiger partial charge < -0.3 is 15.2 Å². The van der Waals surface area contributed by atoms with Gasteiger partial charge in [-0.05, 0) is 33.6 Å². The van der Waals surface area contributed by atoms with Gasteiger partial charge in [-0.1, -0.05) is 13.8 Å². The number of hydrogen-bond acceptors (Lipinski definition) is 4. The van der Waals surface area contributed by atoms with Gasteiger partial charge in [0.1, 0.15) is 17.7 Å². The molecule has 7 nitrogen and oxygen atoms in total. The molecule has 0 bridgehead atoms. The molecule has 21 heavy (non-hydrogen) atoms. The zero-order valence-electron chi connectivity index (χ0n) is 13.8. The molecule has 0 rings (SSSR count). The Balaban J connectivity index is 4.77. The van der Waals surface area contributed by atoms with E-state index < -0.39 is 35.7 Å². The summed E-state index contributed by atoms with van der Waals surface area (Å²) in [6, 6.07) is -1.83. The van der Waals surface area contributed by atoms with E-state index in [0.29, 0.717) is 0 Å². The topological polar surface area (TPSA) is 95.9 Å². The van der Waals surface area contributed by atoms with Crippen LogP contribution in [0.5, 0.6) is 0 Å². The minimum Gasteiger partial charge on any atom is -0.480 e.